The number of methoxy groups -OCH3 is 1. The van der Waals surface area contributed by atoms with Gasteiger partial charge in [-0.3, -0.25) is 4.90 Å². The normalized spacial score (nSPS) is 18.8. The molecule has 33 heavy (non-hydrogen) atoms. The van der Waals surface area contributed by atoms with Gasteiger partial charge in [-0.1, -0.05) is 31.5 Å². The molecule has 0 spiro atoms. The average molecular weight is 473 g/mol. The highest BCUT2D eigenvalue weighted by Crippen LogP contribution is 2.34. The minimum Gasteiger partial charge on any atom is -0.493 e. The van der Waals surface area contributed by atoms with E-state index in [9.17, 15) is 4.79 Å². The van der Waals surface area contributed by atoms with Crippen LogP contribution < -0.4 is 14.4 Å². The fourth-order valence-corrected chi connectivity index (χ4v) is 4.64. The molecule has 2 aromatic carbocycles. The average Bonchev–Trinajstić information content (AvgIpc) is 2.82. The lowest BCUT2D eigenvalue weighted by Crippen LogP contribution is -2.54. The van der Waals surface area contributed by atoms with Crippen LogP contribution in [-0.2, 0) is 11.3 Å². The van der Waals surface area contributed by atoms with Crippen LogP contribution in [0.4, 0.5) is 5.69 Å². The predicted molar refractivity (Wildman–Crippen MR) is 131 cm³/mol. The number of carbonyl (C=O) groups is 1. The molecule has 6 nitrogen and oxygen atoms in total. The molecule has 2 aliphatic rings. The second-order valence-corrected chi connectivity index (χ2v) is 9.63. The van der Waals surface area contributed by atoms with Crippen molar-refractivity contribution in [2.75, 3.05) is 44.8 Å². The van der Waals surface area contributed by atoms with Gasteiger partial charge in [-0.2, -0.15) is 0 Å². The number of halogens is 1. The van der Waals surface area contributed by atoms with Gasteiger partial charge in [0.05, 0.1) is 25.0 Å². The van der Waals surface area contributed by atoms with E-state index in [1.807, 2.05) is 30.3 Å². The second-order valence-electron chi connectivity index (χ2n) is 9.19. The summed E-state index contributed by atoms with van der Waals surface area (Å²) in [5.74, 6) is 1.79. The van der Waals surface area contributed by atoms with Gasteiger partial charge in [0, 0.05) is 42.8 Å². The monoisotopic (exact) mass is 472 g/mol. The third-order valence-corrected chi connectivity index (χ3v) is 6.49. The molecule has 178 valence electrons. The maximum atomic E-state index is 12.3. The lowest BCUT2D eigenvalue weighted by atomic mass is 9.99. The summed E-state index contributed by atoms with van der Waals surface area (Å²) in [4.78, 5) is 17.2. The molecule has 0 aromatic heterocycles. The lowest BCUT2D eigenvalue weighted by Gasteiger charge is -2.45. The van der Waals surface area contributed by atoms with Gasteiger partial charge in [-0.25, -0.2) is 4.79 Å². The van der Waals surface area contributed by atoms with E-state index in [1.165, 1.54) is 13.5 Å². The van der Waals surface area contributed by atoms with Crippen LogP contribution in [0.15, 0.2) is 36.4 Å². The van der Waals surface area contributed by atoms with Gasteiger partial charge in [-0.15, -0.1) is 0 Å². The zero-order valence-corrected chi connectivity index (χ0v) is 20.4. The summed E-state index contributed by atoms with van der Waals surface area (Å²) >= 11 is 6.19. The summed E-state index contributed by atoms with van der Waals surface area (Å²) in [7, 11) is 1.41. The second kappa shape index (κ2) is 10.7. The highest BCUT2D eigenvalue weighted by Gasteiger charge is 2.31. The summed E-state index contributed by atoms with van der Waals surface area (Å²) in [5, 5.41) is 0.642. The zero-order valence-electron chi connectivity index (χ0n) is 19.7. The number of hydrogen-bond acceptors (Lipinski definition) is 6. The van der Waals surface area contributed by atoms with Gasteiger partial charge < -0.3 is 19.1 Å². The van der Waals surface area contributed by atoms with Crippen molar-refractivity contribution in [3.8, 4) is 11.5 Å². The first-order valence-corrected chi connectivity index (χ1v) is 12.1. The van der Waals surface area contributed by atoms with E-state index < -0.39 is 0 Å². The number of esters is 1. The van der Waals surface area contributed by atoms with Crippen molar-refractivity contribution >= 4 is 23.3 Å². The van der Waals surface area contributed by atoms with Crippen molar-refractivity contribution in [1.82, 2.24) is 4.90 Å². The number of rotatable bonds is 5. The molecule has 0 amide bonds. The minimum absolute atomic E-state index is 0.347. The molecule has 0 radical (unpaired) electrons. The van der Waals surface area contributed by atoms with Gasteiger partial charge in [-0.05, 0) is 49.1 Å². The Balaban J connectivity index is 1.64. The van der Waals surface area contributed by atoms with E-state index in [1.54, 1.807) is 6.07 Å². The van der Waals surface area contributed by atoms with E-state index >= 15 is 0 Å². The maximum Gasteiger partial charge on any atom is 0.337 e. The van der Waals surface area contributed by atoms with Crippen molar-refractivity contribution < 1.29 is 19.0 Å². The zero-order chi connectivity index (χ0) is 23.4. The molecule has 0 aliphatic carbocycles. The number of fused-ring (bicyclic) bond motifs is 2. The lowest BCUT2D eigenvalue weighted by molar-refractivity contribution is 0.0600. The van der Waals surface area contributed by atoms with Gasteiger partial charge in [0.2, 0.25) is 0 Å². The Morgan fingerprint density at radius 2 is 2.00 bits per heavy atom. The third kappa shape index (κ3) is 5.74. The summed E-state index contributed by atoms with van der Waals surface area (Å²) in [6.07, 6.45) is 2.02. The van der Waals surface area contributed by atoms with Gasteiger partial charge >= 0.3 is 5.97 Å². The maximum absolute atomic E-state index is 12.3. The number of benzene rings is 2. The summed E-state index contributed by atoms with van der Waals surface area (Å²) in [5.41, 5.74) is 2.39. The smallest absolute Gasteiger partial charge is 0.337 e. The number of anilines is 1. The number of likely N-dealkylation sites (tertiary alicyclic amines) is 1. The number of ether oxygens (including phenoxy) is 3. The quantitative estimate of drug-likeness (QED) is 0.569. The van der Waals surface area contributed by atoms with Crippen molar-refractivity contribution in [2.24, 2.45) is 5.92 Å². The molecular weight excluding hydrogens is 440 g/mol. The molecule has 0 N–H and O–H groups in total. The fraction of sp³-hybridized carbons (Fsp3) is 0.500. The standard InChI is InChI=1S/C26H33ClN2O4/c1-18(2)15-28-11-9-22(28)16-29-10-4-12-32-25-14-21(27)7-5-20(25)17-33-24-8-6-19(13-23(24)29)26(30)31-3/h5-8,13-14,18,22H,4,9-12,15-17H2,1-3H3/t22-/m0/s1. The van der Waals surface area contributed by atoms with E-state index in [0.717, 1.165) is 55.3 Å². The molecular formula is C26H33ClN2O4. The first-order valence-electron chi connectivity index (χ1n) is 11.7. The van der Waals surface area contributed by atoms with E-state index in [2.05, 4.69) is 23.6 Å². The molecule has 4 rings (SSSR count). The van der Waals surface area contributed by atoms with Gasteiger partial charge in [0.25, 0.3) is 0 Å². The molecule has 7 heteroatoms. The van der Waals surface area contributed by atoms with E-state index in [4.69, 9.17) is 25.8 Å². The summed E-state index contributed by atoms with van der Waals surface area (Å²) in [6.45, 7) is 9.37. The van der Waals surface area contributed by atoms with Crippen molar-refractivity contribution in [3.63, 3.8) is 0 Å². The predicted octanol–water partition coefficient (Wildman–Crippen LogP) is 5.02. The Bertz CT molecular complexity index is 981. The van der Waals surface area contributed by atoms with Gasteiger partial charge in [0.1, 0.15) is 18.1 Å². The highest BCUT2D eigenvalue weighted by atomic mass is 35.5. The highest BCUT2D eigenvalue weighted by molar-refractivity contribution is 6.30. The number of hydrogen-bond donors (Lipinski definition) is 0. The van der Waals surface area contributed by atoms with Crippen LogP contribution in [-0.4, -0.2) is 56.8 Å². The number of carbonyl (C=O) groups excluding carboxylic acids is 1. The Labute approximate surface area is 201 Å². The van der Waals surface area contributed by atoms with Crippen molar-refractivity contribution in [2.45, 2.75) is 39.3 Å². The molecule has 1 fully saturated rings. The van der Waals surface area contributed by atoms with Crippen molar-refractivity contribution in [3.05, 3.63) is 52.5 Å². The Morgan fingerprint density at radius 1 is 1.15 bits per heavy atom. The minimum atomic E-state index is -0.347. The molecule has 1 atom stereocenters. The first kappa shape index (κ1) is 23.7. The fourth-order valence-electron chi connectivity index (χ4n) is 4.48. The Kier molecular flexibility index (Phi) is 7.66. The van der Waals surface area contributed by atoms with Crippen LogP contribution in [0, 0.1) is 5.92 Å². The van der Waals surface area contributed by atoms with Crippen LogP contribution in [0.2, 0.25) is 5.02 Å². The van der Waals surface area contributed by atoms with E-state index in [-0.39, 0.29) is 5.97 Å². The molecule has 2 aromatic rings. The van der Waals surface area contributed by atoms with Crippen LogP contribution in [0.25, 0.3) is 0 Å². The van der Waals surface area contributed by atoms with Crippen molar-refractivity contribution in [1.29, 1.82) is 0 Å². The molecule has 0 saturated carbocycles. The number of nitrogens with zero attached hydrogens (tertiary/aromatic N) is 2. The van der Waals surface area contributed by atoms with Crippen LogP contribution in [0.3, 0.4) is 0 Å². The third-order valence-electron chi connectivity index (χ3n) is 6.26. The Morgan fingerprint density at radius 3 is 2.73 bits per heavy atom. The molecule has 0 unspecified atom stereocenters. The summed E-state index contributed by atoms with van der Waals surface area (Å²) in [6, 6.07) is 11.6. The van der Waals surface area contributed by atoms with Crippen LogP contribution in [0.5, 0.6) is 11.5 Å². The molecule has 2 heterocycles. The molecule has 0 bridgehead atoms. The topological polar surface area (TPSA) is 51.2 Å². The Hall–Kier alpha value is -2.44. The molecule has 2 aliphatic heterocycles. The van der Waals surface area contributed by atoms with Crippen LogP contribution in [0.1, 0.15) is 42.6 Å². The summed E-state index contributed by atoms with van der Waals surface area (Å²) < 4.78 is 17.3. The largest absolute Gasteiger partial charge is 0.493 e. The SMILES string of the molecule is COC(=O)c1ccc2c(c1)N(C[C@@H]1CCN1CC(C)C)CCCOc1cc(Cl)ccc1CO2. The van der Waals surface area contributed by atoms with Gasteiger partial charge in [0.15, 0.2) is 0 Å². The first-order chi connectivity index (χ1) is 15.9. The van der Waals surface area contributed by atoms with E-state index in [0.29, 0.717) is 35.8 Å². The molecule has 1 saturated heterocycles. The van der Waals surface area contributed by atoms with Crippen LogP contribution >= 0.6 is 11.6 Å².